The molecule has 2 aromatic rings. The maximum Gasteiger partial charge on any atom is 0.317 e. The normalized spacial score (nSPS) is 10.0. The molecule has 0 aliphatic rings. The molecule has 0 unspecified atom stereocenters. The van der Waals surface area contributed by atoms with Gasteiger partial charge in [-0.05, 0) is 12.1 Å². The highest BCUT2D eigenvalue weighted by Crippen LogP contribution is 2.34. The Bertz CT molecular complexity index is 594. The summed E-state index contributed by atoms with van der Waals surface area (Å²) in [5, 5.41) is 4.41. The van der Waals surface area contributed by atoms with Crippen molar-refractivity contribution in [2.45, 2.75) is 0 Å². The molecule has 0 bridgehead atoms. The van der Waals surface area contributed by atoms with Gasteiger partial charge in [0, 0.05) is 17.1 Å². The molecule has 5 N–H and O–H groups in total. The minimum atomic E-state index is -0.744. The number of carbonyl (C=O) groups excluding carboxylic acids is 2. The van der Waals surface area contributed by atoms with Crippen molar-refractivity contribution in [2.75, 3.05) is 5.32 Å². The van der Waals surface area contributed by atoms with Gasteiger partial charge >= 0.3 is 6.03 Å². The molecule has 2 aromatic heterocycles. The Kier molecular flexibility index (Phi) is 3.24. The summed E-state index contributed by atoms with van der Waals surface area (Å²) in [6, 6.07) is 4.57. The lowest BCUT2D eigenvalue weighted by atomic mass is 10.1. The van der Waals surface area contributed by atoms with Gasteiger partial charge in [-0.2, -0.15) is 0 Å². The number of pyridine rings is 1. The zero-order valence-electron chi connectivity index (χ0n) is 9.21. The lowest BCUT2D eigenvalue weighted by Gasteiger charge is -2.03. The molecule has 0 aromatic carbocycles. The first-order valence-corrected chi connectivity index (χ1v) is 5.86. The van der Waals surface area contributed by atoms with Gasteiger partial charge < -0.3 is 11.5 Å². The van der Waals surface area contributed by atoms with Crippen LogP contribution in [0.2, 0.25) is 0 Å². The number of thiophene rings is 1. The molecule has 0 aliphatic carbocycles. The highest BCUT2D eigenvalue weighted by Gasteiger charge is 2.19. The SMILES string of the molecule is NC(=O)Nc1scc(-c2ccccn2)c1C(N)=O. The van der Waals surface area contributed by atoms with E-state index in [1.165, 1.54) is 11.3 Å². The highest BCUT2D eigenvalue weighted by atomic mass is 32.1. The number of anilines is 1. The molecule has 0 atom stereocenters. The fraction of sp³-hybridized carbons (Fsp3) is 0. The third-order valence-corrected chi connectivity index (χ3v) is 3.11. The van der Waals surface area contributed by atoms with E-state index in [2.05, 4.69) is 10.3 Å². The number of nitrogens with zero attached hydrogens (tertiary/aromatic N) is 1. The van der Waals surface area contributed by atoms with Crippen LogP contribution in [0.15, 0.2) is 29.8 Å². The fourth-order valence-corrected chi connectivity index (χ4v) is 2.48. The molecular weight excluding hydrogens is 252 g/mol. The van der Waals surface area contributed by atoms with Crippen molar-refractivity contribution in [1.29, 1.82) is 0 Å². The predicted molar refractivity (Wildman–Crippen MR) is 69.3 cm³/mol. The third-order valence-electron chi connectivity index (χ3n) is 2.22. The van der Waals surface area contributed by atoms with Crippen LogP contribution < -0.4 is 16.8 Å². The zero-order valence-corrected chi connectivity index (χ0v) is 10.0. The first kappa shape index (κ1) is 12.1. The predicted octanol–water partition coefficient (Wildman–Crippen LogP) is 1.40. The first-order chi connectivity index (χ1) is 8.59. The standard InChI is InChI=1S/C11H10N4O2S/c12-9(16)8-6(7-3-1-2-4-14-7)5-18-10(8)15-11(13)17/h1-5H,(H2,12,16)(H3,13,15,17). The molecule has 7 heteroatoms. The van der Waals surface area contributed by atoms with E-state index in [9.17, 15) is 9.59 Å². The van der Waals surface area contributed by atoms with Crippen molar-refractivity contribution in [3.63, 3.8) is 0 Å². The monoisotopic (exact) mass is 262 g/mol. The molecule has 0 spiro atoms. The van der Waals surface area contributed by atoms with Crippen LogP contribution in [0.25, 0.3) is 11.3 Å². The van der Waals surface area contributed by atoms with Gasteiger partial charge in [-0.15, -0.1) is 11.3 Å². The Balaban J connectivity index is 2.52. The summed E-state index contributed by atoms with van der Waals surface area (Å²) in [4.78, 5) is 26.4. The van der Waals surface area contributed by atoms with E-state index in [4.69, 9.17) is 11.5 Å². The number of carbonyl (C=O) groups is 2. The molecule has 18 heavy (non-hydrogen) atoms. The van der Waals surface area contributed by atoms with Gasteiger partial charge in [0.1, 0.15) is 5.00 Å². The Labute approximate surface area is 107 Å². The topological polar surface area (TPSA) is 111 Å². The van der Waals surface area contributed by atoms with Crippen LogP contribution in [-0.2, 0) is 0 Å². The average Bonchev–Trinajstić information content (AvgIpc) is 2.73. The lowest BCUT2D eigenvalue weighted by Crippen LogP contribution is -2.21. The second-order valence-corrected chi connectivity index (χ2v) is 4.30. The third kappa shape index (κ3) is 2.30. The van der Waals surface area contributed by atoms with E-state index in [1.807, 2.05) is 0 Å². The van der Waals surface area contributed by atoms with Crippen molar-refractivity contribution in [3.05, 3.63) is 35.3 Å². The van der Waals surface area contributed by atoms with Crippen molar-refractivity contribution in [2.24, 2.45) is 11.5 Å². The molecule has 0 fully saturated rings. The second kappa shape index (κ2) is 4.84. The Morgan fingerprint density at radius 2 is 2.06 bits per heavy atom. The number of rotatable bonds is 3. The van der Waals surface area contributed by atoms with Gasteiger partial charge in [0.2, 0.25) is 0 Å². The summed E-state index contributed by atoms with van der Waals surface area (Å²) in [5.41, 5.74) is 11.8. The Hall–Kier alpha value is -2.41. The molecule has 0 radical (unpaired) electrons. The van der Waals surface area contributed by atoms with Crippen LogP contribution in [0.5, 0.6) is 0 Å². The van der Waals surface area contributed by atoms with Crippen LogP contribution in [0.1, 0.15) is 10.4 Å². The number of urea groups is 1. The van der Waals surface area contributed by atoms with Crippen LogP contribution in [-0.4, -0.2) is 16.9 Å². The molecule has 3 amide bonds. The van der Waals surface area contributed by atoms with E-state index < -0.39 is 11.9 Å². The van der Waals surface area contributed by atoms with Crippen molar-refractivity contribution >= 4 is 28.3 Å². The van der Waals surface area contributed by atoms with Gasteiger partial charge in [-0.1, -0.05) is 6.07 Å². The number of hydrogen-bond donors (Lipinski definition) is 3. The van der Waals surface area contributed by atoms with Crippen molar-refractivity contribution < 1.29 is 9.59 Å². The number of primary amides is 2. The minimum absolute atomic E-state index is 0.220. The molecule has 2 heterocycles. The van der Waals surface area contributed by atoms with E-state index in [-0.39, 0.29) is 5.56 Å². The largest absolute Gasteiger partial charge is 0.365 e. The smallest absolute Gasteiger partial charge is 0.317 e. The Morgan fingerprint density at radius 1 is 1.28 bits per heavy atom. The van der Waals surface area contributed by atoms with Crippen LogP contribution in [0.3, 0.4) is 0 Å². The molecule has 2 rings (SSSR count). The van der Waals surface area contributed by atoms with Crippen molar-refractivity contribution in [3.8, 4) is 11.3 Å². The summed E-state index contributed by atoms with van der Waals surface area (Å²) >= 11 is 1.17. The molecule has 6 nitrogen and oxygen atoms in total. The van der Waals surface area contributed by atoms with Gasteiger partial charge in [0.25, 0.3) is 5.91 Å². The Morgan fingerprint density at radius 3 is 2.61 bits per heavy atom. The van der Waals surface area contributed by atoms with Gasteiger partial charge in [-0.3, -0.25) is 15.1 Å². The van der Waals surface area contributed by atoms with Gasteiger partial charge in [-0.25, -0.2) is 4.79 Å². The molecule has 92 valence electrons. The number of aromatic nitrogens is 1. The molecule has 0 aliphatic heterocycles. The zero-order chi connectivity index (χ0) is 13.1. The van der Waals surface area contributed by atoms with Crippen LogP contribution >= 0.6 is 11.3 Å². The van der Waals surface area contributed by atoms with E-state index in [1.54, 1.807) is 29.8 Å². The summed E-state index contributed by atoms with van der Waals surface area (Å²) in [6.45, 7) is 0. The molecular formula is C11H10N4O2S. The molecule has 0 saturated heterocycles. The lowest BCUT2D eigenvalue weighted by molar-refractivity contribution is 0.100. The summed E-state index contributed by atoms with van der Waals surface area (Å²) in [7, 11) is 0. The maximum absolute atomic E-state index is 11.5. The number of nitrogens with two attached hydrogens (primary N) is 2. The maximum atomic E-state index is 11.5. The summed E-state index contributed by atoms with van der Waals surface area (Å²) in [6.07, 6.45) is 1.61. The summed E-state index contributed by atoms with van der Waals surface area (Å²) in [5.74, 6) is -0.638. The van der Waals surface area contributed by atoms with E-state index >= 15 is 0 Å². The van der Waals surface area contributed by atoms with Gasteiger partial charge in [0.05, 0.1) is 11.3 Å². The fourth-order valence-electron chi connectivity index (χ4n) is 1.52. The van der Waals surface area contributed by atoms with E-state index in [0.29, 0.717) is 16.3 Å². The highest BCUT2D eigenvalue weighted by molar-refractivity contribution is 7.15. The number of amides is 3. The van der Waals surface area contributed by atoms with E-state index in [0.717, 1.165) is 0 Å². The first-order valence-electron chi connectivity index (χ1n) is 4.98. The minimum Gasteiger partial charge on any atom is -0.365 e. The van der Waals surface area contributed by atoms with Crippen molar-refractivity contribution in [1.82, 2.24) is 4.98 Å². The van der Waals surface area contributed by atoms with Crippen LogP contribution in [0, 0.1) is 0 Å². The summed E-state index contributed by atoms with van der Waals surface area (Å²) < 4.78 is 0. The van der Waals surface area contributed by atoms with Gasteiger partial charge in [0.15, 0.2) is 0 Å². The number of nitrogens with one attached hydrogen (secondary N) is 1. The second-order valence-electron chi connectivity index (χ2n) is 3.42. The molecule has 0 saturated carbocycles. The quantitative estimate of drug-likeness (QED) is 0.777. The average molecular weight is 262 g/mol. The number of hydrogen-bond acceptors (Lipinski definition) is 4. The van der Waals surface area contributed by atoms with Crippen LogP contribution in [0.4, 0.5) is 9.80 Å².